The summed E-state index contributed by atoms with van der Waals surface area (Å²) in [7, 11) is 1.87. The summed E-state index contributed by atoms with van der Waals surface area (Å²) in [6.07, 6.45) is 7.35. The summed E-state index contributed by atoms with van der Waals surface area (Å²) in [5, 5.41) is 11.9. The number of carbonyl (C=O) groups excluding carboxylic acids is 1. The molecule has 3 N–H and O–H groups in total. The summed E-state index contributed by atoms with van der Waals surface area (Å²) in [4.78, 5) is 18.6. The average molecular weight is 437 g/mol. The van der Waals surface area contributed by atoms with Gasteiger partial charge in [0.25, 0.3) is 0 Å². The topological polar surface area (TPSA) is 116 Å². The van der Waals surface area contributed by atoms with Crippen LogP contribution in [0.2, 0.25) is 0 Å². The van der Waals surface area contributed by atoms with Crippen LogP contribution in [0.3, 0.4) is 0 Å². The number of aromatic nitrogens is 5. The molecule has 0 bridgehead atoms. The molecule has 1 atom stereocenters. The number of nitrogen functional groups attached to an aromatic ring is 1. The minimum atomic E-state index is -0.0305. The van der Waals surface area contributed by atoms with Gasteiger partial charge in [0.1, 0.15) is 6.61 Å². The van der Waals surface area contributed by atoms with E-state index in [0.717, 1.165) is 49.3 Å². The van der Waals surface area contributed by atoms with E-state index in [1.165, 1.54) is 5.69 Å². The molecule has 10 nitrogen and oxygen atoms in total. The van der Waals surface area contributed by atoms with Gasteiger partial charge in [0.05, 0.1) is 11.9 Å². The van der Waals surface area contributed by atoms with Gasteiger partial charge >= 0.3 is 6.03 Å². The number of hydrogen-bond acceptors (Lipinski definition) is 6. The standard InChI is InChI=1S/C22H28N8O2/c1-3-24-21(31)29-6-4-22(14-29)5-7-30-19(22)9-17(27-30)16-8-18(20(23)25-11-16)32-13-15-10-26-28(2)12-15/h8-12H,3-7,13-14H2,1-2H3,(H2,23,25)(H,24,31)/t22-/m1/s1. The van der Waals surface area contributed by atoms with Crippen LogP contribution in [0.5, 0.6) is 5.75 Å². The van der Waals surface area contributed by atoms with Crippen molar-refractivity contribution in [3.63, 3.8) is 0 Å². The van der Waals surface area contributed by atoms with Crippen molar-refractivity contribution in [2.24, 2.45) is 7.05 Å². The molecule has 168 valence electrons. The molecule has 32 heavy (non-hydrogen) atoms. The Morgan fingerprint density at radius 1 is 1.28 bits per heavy atom. The molecule has 0 aliphatic carbocycles. The normalized spacial score (nSPS) is 19.5. The van der Waals surface area contributed by atoms with E-state index in [1.54, 1.807) is 17.1 Å². The van der Waals surface area contributed by atoms with Crippen LogP contribution in [0.4, 0.5) is 10.6 Å². The van der Waals surface area contributed by atoms with Crippen LogP contribution in [0, 0.1) is 0 Å². The minimum Gasteiger partial charge on any atom is -0.485 e. The third-order valence-electron chi connectivity index (χ3n) is 6.42. The van der Waals surface area contributed by atoms with Gasteiger partial charge < -0.3 is 20.7 Å². The molecule has 2 amide bonds. The number of urea groups is 1. The molecule has 3 aromatic heterocycles. The van der Waals surface area contributed by atoms with Gasteiger partial charge in [0, 0.05) is 67.9 Å². The zero-order valence-electron chi connectivity index (χ0n) is 18.4. The van der Waals surface area contributed by atoms with Crippen LogP contribution < -0.4 is 15.8 Å². The SMILES string of the molecule is CCNC(=O)N1CC[C@@]2(CCn3nc(-c4cnc(N)c(OCc5cnn(C)c5)c4)cc32)C1. The molecular formula is C22H28N8O2. The van der Waals surface area contributed by atoms with Crippen molar-refractivity contribution < 1.29 is 9.53 Å². The Morgan fingerprint density at radius 2 is 2.12 bits per heavy atom. The highest BCUT2D eigenvalue weighted by atomic mass is 16.5. The fourth-order valence-electron chi connectivity index (χ4n) is 4.74. The van der Waals surface area contributed by atoms with Gasteiger partial charge in [-0.25, -0.2) is 9.78 Å². The zero-order valence-corrected chi connectivity index (χ0v) is 18.4. The fraction of sp³-hybridized carbons (Fsp3) is 0.455. The number of pyridine rings is 1. The molecule has 1 spiro atoms. The summed E-state index contributed by atoms with van der Waals surface area (Å²) in [5.74, 6) is 0.867. The van der Waals surface area contributed by atoms with E-state index in [9.17, 15) is 4.79 Å². The van der Waals surface area contributed by atoms with Crippen molar-refractivity contribution in [2.75, 3.05) is 25.4 Å². The lowest BCUT2D eigenvalue weighted by Crippen LogP contribution is -2.40. The number of carbonyl (C=O) groups is 1. The van der Waals surface area contributed by atoms with Gasteiger partial charge in [-0.15, -0.1) is 0 Å². The number of fused-ring (bicyclic) bond motifs is 2. The van der Waals surface area contributed by atoms with Crippen molar-refractivity contribution in [2.45, 2.75) is 38.3 Å². The van der Waals surface area contributed by atoms with Crippen LogP contribution in [0.25, 0.3) is 11.3 Å². The Balaban J connectivity index is 1.36. The first kappa shape index (κ1) is 20.3. The smallest absolute Gasteiger partial charge is 0.317 e. The molecule has 2 aliphatic heterocycles. The van der Waals surface area contributed by atoms with E-state index in [2.05, 4.69) is 26.1 Å². The van der Waals surface area contributed by atoms with Gasteiger partial charge in [-0.1, -0.05) is 0 Å². The van der Waals surface area contributed by atoms with E-state index in [0.29, 0.717) is 24.7 Å². The lowest BCUT2D eigenvalue weighted by molar-refractivity contribution is 0.206. The Morgan fingerprint density at radius 3 is 2.91 bits per heavy atom. The van der Waals surface area contributed by atoms with Gasteiger partial charge in [-0.05, 0) is 31.9 Å². The van der Waals surface area contributed by atoms with Crippen LogP contribution in [0.1, 0.15) is 31.0 Å². The molecule has 3 aromatic rings. The Bertz CT molecular complexity index is 1150. The van der Waals surface area contributed by atoms with Crippen molar-refractivity contribution in [3.8, 4) is 17.0 Å². The largest absolute Gasteiger partial charge is 0.485 e. The van der Waals surface area contributed by atoms with E-state index >= 15 is 0 Å². The van der Waals surface area contributed by atoms with Crippen molar-refractivity contribution >= 4 is 11.8 Å². The van der Waals surface area contributed by atoms with Gasteiger partial charge in [-0.3, -0.25) is 9.36 Å². The van der Waals surface area contributed by atoms with Crippen LogP contribution in [-0.4, -0.2) is 55.1 Å². The number of hydrogen-bond donors (Lipinski definition) is 2. The highest BCUT2D eigenvalue weighted by Gasteiger charge is 2.46. The Kier molecular flexibility index (Phi) is 4.99. The molecule has 0 aromatic carbocycles. The van der Waals surface area contributed by atoms with E-state index in [1.807, 2.05) is 31.1 Å². The molecule has 5 heterocycles. The number of anilines is 1. The quantitative estimate of drug-likeness (QED) is 0.631. The fourth-order valence-corrected chi connectivity index (χ4v) is 4.74. The molecular weight excluding hydrogens is 408 g/mol. The number of nitrogens with zero attached hydrogens (tertiary/aromatic N) is 6. The Hall–Kier alpha value is -3.56. The lowest BCUT2D eigenvalue weighted by Gasteiger charge is -2.23. The average Bonchev–Trinajstić information content (AvgIpc) is 3.54. The monoisotopic (exact) mass is 436 g/mol. The summed E-state index contributed by atoms with van der Waals surface area (Å²) in [6.45, 7) is 5.29. The first-order chi connectivity index (χ1) is 15.5. The third-order valence-corrected chi connectivity index (χ3v) is 6.42. The van der Waals surface area contributed by atoms with Crippen molar-refractivity contribution in [3.05, 3.63) is 42.0 Å². The highest BCUT2D eigenvalue weighted by Crippen LogP contribution is 2.44. The molecule has 0 unspecified atom stereocenters. The van der Waals surface area contributed by atoms with E-state index in [4.69, 9.17) is 15.6 Å². The maximum Gasteiger partial charge on any atom is 0.317 e. The summed E-state index contributed by atoms with van der Waals surface area (Å²) >= 11 is 0. The molecule has 1 fully saturated rings. The maximum absolute atomic E-state index is 12.3. The number of ether oxygens (including phenoxy) is 1. The molecule has 0 radical (unpaired) electrons. The van der Waals surface area contributed by atoms with Crippen LogP contribution in [0.15, 0.2) is 30.7 Å². The Labute approximate surface area is 186 Å². The first-order valence-electron chi connectivity index (χ1n) is 10.9. The molecule has 1 saturated heterocycles. The zero-order chi connectivity index (χ0) is 22.3. The number of aryl methyl sites for hydroxylation is 2. The summed E-state index contributed by atoms with van der Waals surface area (Å²) < 4.78 is 9.71. The lowest BCUT2D eigenvalue weighted by atomic mass is 9.82. The van der Waals surface area contributed by atoms with Gasteiger partial charge in [0.2, 0.25) is 0 Å². The number of amides is 2. The summed E-state index contributed by atoms with van der Waals surface area (Å²) in [5.41, 5.74) is 9.86. The molecule has 5 rings (SSSR count). The van der Waals surface area contributed by atoms with Gasteiger partial charge in [-0.2, -0.15) is 10.2 Å². The first-order valence-corrected chi connectivity index (χ1v) is 10.9. The van der Waals surface area contributed by atoms with Gasteiger partial charge in [0.15, 0.2) is 11.6 Å². The third kappa shape index (κ3) is 3.55. The van der Waals surface area contributed by atoms with Crippen LogP contribution >= 0.6 is 0 Å². The predicted molar refractivity (Wildman–Crippen MR) is 119 cm³/mol. The van der Waals surface area contributed by atoms with Crippen molar-refractivity contribution in [1.29, 1.82) is 0 Å². The van der Waals surface area contributed by atoms with Crippen molar-refractivity contribution in [1.82, 2.24) is 34.8 Å². The van der Waals surface area contributed by atoms with Crippen LogP contribution in [-0.2, 0) is 25.6 Å². The number of nitrogens with two attached hydrogens (primary N) is 1. The molecule has 10 heteroatoms. The second kappa shape index (κ2) is 7.85. The predicted octanol–water partition coefficient (Wildman–Crippen LogP) is 1.92. The highest BCUT2D eigenvalue weighted by molar-refractivity contribution is 5.75. The second-order valence-electron chi connectivity index (χ2n) is 8.59. The number of likely N-dealkylation sites (tertiary alicyclic amines) is 1. The number of rotatable bonds is 5. The number of nitrogens with one attached hydrogen (secondary N) is 1. The minimum absolute atomic E-state index is 0.0145. The van der Waals surface area contributed by atoms with E-state index < -0.39 is 0 Å². The van der Waals surface area contributed by atoms with E-state index in [-0.39, 0.29) is 11.4 Å². The molecule has 0 saturated carbocycles. The summed E-state index contributed by atoms with van der Waals surface area (Å²) in [6, 6.07) is 4.03. The second-order valence-corrected chi connectivity index (χ2v) is 8.59. The molecule has 2 aliphatic rings. The maximum atomic E-state index is 12.3.